The van der Waals surface area contributed by atoms with Gasteiger partial charge in [0.2, 0.25) is 0 Å². The molecule has 0 unspecified atom stereocenters. The molecular formula is C15H12I3NO4. The zero-order chi connectivity index (χ0) is 17.2. The molecule has 4 N–H and O–H groups in total. The average molecular weight is 651 g/mol. The van der Waals surface area contributed by atoms with Crippen LogP contribution in [-0.2, 0) is 4.79 Å². The van der Waals surface area contributed by atoms with Gasteiger partial charge in [0.25, 0.3) is 0 Å². The lowest BCUT2D eigenvalue weighted by molar-refractivity contribution is -0.139. The van der Waals surface area contributed by atoms with Crippen molar-refractivity contribution in [3.63, 3.8) is 0 Å². The van der Waals surface area contributed by atoms with Gasteiger partial charge in [-0.1, -0.05) is 34.7 Å². The molecule has 0 fully saturated rings. The summed E-state index contributed by atoms with van der Waals surface area (Å²) in [5.74, 6) is 0.372. The van der Waals surface area contributed by atoms with Gasteiger partial charge in [0.05, 0.1) is 7.49 Å². The highest BCUT2D eigenvalue weighted by Gasteiger charge is 2.39. The summed E-state index contributed by atoms with van der Waals surface area (Å²) in [5, 5.41) is 18.7. The van der Waals surface area contributed by atoms with Gasteiger partial charge in [0.1, 0.15) is 17.2 Å². The maximum Gasteiger partial charge on any atom is 0.335 e. The Morgan fingerprint density at radius 3 is 2.26 bits per heavy atom. The Balaban J connectivity index is 2.16. The molecule has 0 aliphatic carbocycles. The molecule has 122 valence electrons. The average Bonchev–Trinajstić information content (AvgIpc) is 2.51. The van der Waals surface area contributed by atoms with Crippen LogP contribution in [0.4, 0.5) is 0 Å². The minimum atomic E-state index is -1.38. The smallest absolute Gasteiger partial charge is 0.335 e. The first-order valence-corrected chi connectivity index (χ1v) is 9.73. The van der Waals surface area contributed by atoms with Gasteiger partial charge in [-0.15, -0.1) is 0 Å². The van der Waals surface area contributed by atoms with Crippen molar-refractivity contribution in [3.05, 3.63) is 51.6 Å². The lowest BCUT2D eigenvalue weighted by atomic mass is 10.1. The largest absolute Gasteiger partial charge is 0.507 e. The standard InChI is InChI=1S/C15H12I3NO4/c16-11-7-10(5-6-12(11)20)23-9-3-1-8(2-4-9)13(17)15(18,19)14(21)22/h1-7,13,20H,19H2,(H,21,22)/t13-,15+/m0/s1. The monoisotopic (exact) mass is 651 g/mol. The number of hydrogen-bond donors (Lipinski definition) is 3. The van der Waals surface area contributed by atoms with E-state index in [4.69, 9.17) is 10.5 Å². The Labute approximate surface area is 174 Å². The topological polar surface area (TPSA) is 92.8 Å². The number of nitrogens with two attached hydrogens (primary N) is 1. The van der Waals surface area contributed by atoms with E-state index in [0.29, 0.717) is 15.1 Å². The number of rotatable bonds is 5. The number of carboxylic acid groups (broad SMARTS) is 1. The molecule has 0 bridgehead atoms. The van der Waals surface area contributed by atoms with Gasteiger partial charge in [-0.05, 0) is 81.1 Å². The van der Waals surface area contributed by atoms with E-state index in [0.717, 1.165) is 5.56 Å². The third-order valence-corrected chi connectivity index (χ3v) is 7.87. The molecule has 8 heteroatoms. The fourth-order valence-electron chi connectivity index (χ4n) is 1.74. The van der Waals surface area contributed by atoms with Crippen LogP contribution in [0.1, 0.15) is 9.49 Å². The van der Waals surface area contributed by atoms with Crippen LogP contribution in [0.5, 0.6) is 17.2 Å². The normalized spacial score (nSPS) is 14.8. The predicted molar refractivity (Wildman–Crippen MR) is 113 cm³/mol. The van der Waals surface area contributed by atoms with E-state index < -0.39 is 9.51 Å². The molecule has 5 nitrogen and oxygen atoms in total. The number of phenols is 1. The first-order valence-electron chi connectivity index (χ1n) is 6.33. The van der Waals surface area contributed by atoms with Crippen LogP contribution in [0.15, 0.2) is 42.5 Å². The number of carboxylic acids is 1. The van der Waals surface area contributed by atoms with Gasteiger partial charge in [-0.2, -0.15) is 0 Å². The zero-order valence-electron chi connectivity index (χ0n) is 11.5. The highest BCUT2D eigenvalue weighted by molar-refractivity contribution is 14.1. The number of halogens is 3. The molecule has 2 atom stereocenters. The Morgan fingerprint density at radius 2 is 1.74 bits per heavy atom. The number of carbonyl (C=O) groups is 1. The van der Waals surface area contributed by atoms with Crippen molar-refractivity contribution in [3.8, 4) is 17.2 Å². The number of phenolic OH excluding ortho intramolecular Hbond substituents is 1. The van der Waals surface area contributed by atoms with Gasteiger partial charge in [0, 0.05) is 0 Å². The summed E-state index contributed by atoms with van der Waals surface area (Å²) < 4.78 is 4.64. The van der Waals surface area contributed by atoms with Crippen molar-refractivity contribution in [2.24, 2.45) is 5.73 Å². The Hall–Kier alpha value is -0.340. The van der Waals surface area contributed by atoms with Crippen molar-refractivity contribution < 1.29 is 19.7 Å². The van der Waals surface area contributed by atoms with Crippen molar-refractivity contribution in [2.45, 2.75) is 7.47 Å². The van der Waals surface area contributed by atoms with E-state index in [1.54, 1.807) is 65.1 Å². The number of alkyl halides is 2. The summed E-state index contributed by atoms with van der Waals surface area (Å²) in [6.07, 6.45) is 0. The fraction of sp³-hybridized carbons (Fsp3) is 0.133. The Morgan fingerprint density at radius 1 is 1.17 bits per heavy atom. The van der Waals surface area contributed by atoms with E-state index in [1.165, 1.54) is 0 Å². The summed E-state index contributed by atoms with van der Waals surface area (Å²) in [6.45, 7) is 0. The van der Waals surface area contributed by atoms with Crippen molar-refractivity contribution in [1.29, 1.82) is 0 Å². The minimum absolute atomic E-state index is 0.205. The second kappa shape index (κ2) is 7.70. The molecule has 0 spiro atoms. The quantitative estimate of drug-likeness (QED) is 0.253. The highest BCUT2D eigenvalue weighted by atomic mass is 127. The van der Waals surface area contributed by atoms with E-state index in [9.17, 15) is 15.0 Å². The van der Waals surface area contributed by atoms with Gasteiger partial charge in [0.15, 0.2) is 3.55 Å². The fourth-order valence-corrected chi connectivity index (χ4v) is 3.27. The molecular weight excluding hydrogens is 639 g/mol. The van der Waals surface area contributed by atoms with Gasteiger partial charge >= 0.3 is 5.97 Å². The zero-order valence-corrected chi connectivity index (χ0v) is 18.0. The molecule has 2 aromatic rings. The number of aromatic hydroxyl groups is 1. The predicted octanol–water partition coefficient (Wildman–Crippen LogP) is 4.44. The SMILES string of the molecule is N[C@@](I)(C(=O)O)[C@@H](I)c1ccc(Oc2ccc(O)c(I)c2)cc1. The van der Waals surface area contributed by atoms with Crippen LogP contribution < -0.4 is 10.5 Å². The molecule has 0 aliphatic heterocycles. The van der Waals surface area contributed by atoms with Crippen molar-refractivity contribution >= 4 is 73.7 Å². The molecule has 0 heterocycles. The maximum absolute atomic E-state index is 11.2. The lowest BCUT2D eigenvalue weighted by Crippen LogP contribution is -2.44. The van der Waals surface area contributed by atoms with Crippen LogP contribution in [0.3, 0.4) is 0 Å². The first-order chi connectivity index (χ1) is 10.7. The van der Waals surface area contributed by atoms with E-state index in [1.807, 2.05) is 45.2 Å². The first kappa shape index (κ1) is 19.0. The number of ether oxygens (including phenoxy) is 1. The summed E-state index contributed by atoms with van der Waals surface area (Å²) in [4.78, 5) is 11.2. The number of aliphatic carboxylic acids is 1. The van der Waals surface area contributed by atoms with Gasteiger partial charge < -0.3 is 20.7 Å². The number of benzene rings is 2. The molecule has 2 rings (SSSR count). The molecule has 0 saturated carbocycles. The van der Waals surface area contributed by atoms with E-state index in [2.05, 4.69) is 0 Å². The van der Waals surface area contributed by atoms with Gasteiger partial charge in [-0.25, -0.2) is 4.79 Å². The second-order valence-electron chi connectivity index (χ2n) is 4.72. The summed E-state index contributed by atoms with van der Waals surface area (Å²) in [7, 11) is 0. The molecule has 0 radical (unpaired) electrons. The maximum atomic E-state index is 11.2. The third-order valence-electron chi connectivity index (χ3n) is 3.02. The molecule has 0 saturated heterocycles. The lowest BCUT2D eigenvalue weighted by Gasteiger charge is -2.24. The molecule has 0 aromatic heterocycles. The van der Waals surface area contributed by atoms with Crippen molar-refractivity contribution in [1.82, 2.24) is 0 Å². The summed E-state index contributed by atoms with van der Waals surface area (Å²) >= 11 is 5.79. The van der Waals surface area contributed by atoms with Crippen LogP contribution >= 0.6 is 67.8 Å². The van der Waals surface area contributed by atoms with Crippen LogP contribution in [0.2, 0.25) is 0 Å². The van der Waals surface area contributed by atoms with Crippen LogP contribution in [-0.4, -0.2) is 19.7 Å². The van der Waals surface area contributed by atoms with E-state index >= 15 is 0 Å². The Bertz CT molecular complexity index is 719. The third kappa shape index (κ3) is 4.60. The van der Waals surface area contributed by atoms with Crippen LogP contribution in [0, 0.1) is 3.57 Å². The minimum Gasteiger partial charge on any atom is -0.507 e. The molecule has 23 heavy (non-hydrogen) atoms. The summed E-state index contributed by atoms with van der Waals surface area (Å²) in [6, 6.07) is 12.1. The Kier molecular flexibility index (Phi) is 6.35. The molecule has 2 aromatic carbocycles. The van der Waals surface area contributed by atoms with Gasteiger partial charge in [-0.3, -0.25) is 0 Å². The highest BCUT2D eigenvalue weighted by Crippen LogP contribution is 2.39. The number of hydrogen-bond acceptors (Lipinski definition) is 4. The molecule has 0 aliphatic rings. The van der Waals surface area contributed by atoms with E-state index in [-0.39, 0.29) is 9.67 Å². The second-order valence-corrected chi connectivity index (χ2v) is 8.91. The summed E-state index contributed by atoms with van der Waals surface area (Å²) in [5.41, 5.74) is 6.65. The van der Waals surface area contributed by atoms with Crippen LogP contribution in [0.25, 0.3) is 0 Å². The molecule has 0 amide bonds. The van der Waals surface area contributed by atoms with Crippen molar-refractivity contribution in [2.75, 3.05) is 0 Å².